The molecular formula is C28H43N2P. The first-order valence-electron chi connectivity index (χ1n) is 12.6. The van der Waals surface area contributed by atoms with E-state index in [2.05, 4.69) is 53.9 Å². The van der Waals surface area contributed by atoms with E-state index in [9.17, 15) is 0 Å². The van der Waals surface area contributed by atoms with E-state index in [1.807, 2.05) is 24.5 Å². The van der Waals surface area contributed by atoms with Gasteiger partial charge in [0.05, 0.1) is 11.4 Å². The van der Waals surface area contributed by atoms with Gasteiger partial charge in [-0.1, -0.05) is 98.1 Å². The van der Waals surface area contributed by atoms with E-state index in [-0.39, 0.29) is 7.92 Å². The van der Waals surface area contributed by atoms with Crippen LogP contribution in [0.4, 0.5) is 0 Å². The molecule has 0 saturated heterocycles. The maximum atomic E-state index is 4.67. The summed E-state index contributed by atoms with van der Waals surface area (Å²) in [6.07, 6.45) is 23.0. The zero-order valence-electron chi connectivity index (χ0n) is 19.9. The molecule has 2 aromatic heterocycles. The van der Waals surface area contributed by atoms with Crippen LogP contribution in [0.5, 0.6) is 0 Å². The zero-order chi connectivity index (χ0) is 22.0. The van der Waals surface area contributed by atoms with E-state index in [0.717, 1.165) is 11.4 Å². The van der Waals surface area contributed by atoms with E-state index < -0.39 is 0 Å². The number of pyridine rings is 2. The first-order chi connectivity index (χ1) is 15.3. The molecule has 0 saturated carbocycles. The molecule has 2 aromatic rings. The summed E-state index contributed by atoms with van der Waals surface area (Å²) in [5, 5.41) is 0. The number of rotatable bonds is 17. The van der Waals surface area contributed by atoms with Gasteiger partial charge < -0.3 is 0 Å². The fourth-order valence-electron chi connectivity index (χ4n) is 3.92. The van der Waals surface area contributed by atoms with Crippen LogP contribution in [0.1, 0.15) is 102 Å². The lowest BCUT2D eigenvalue weighted by atomic mass is 10.1. The molecule has 0 atom stereocenters. The Morgan fingerprint density at radius 2 is 1.10 bits per heavy atom. The highest BCUT2D eigenvalue weighted by Gasteiger charge is 2.12. The topological polar surface area (TPSA) is 25.8 Å². The maximum absolute atomic E-state index is 4.67. The molecule has 2 rings (SSSR count). The van der Waals surface area contributed by atoms with E-state index >= 15 is 0 Å². The molecule has 0 N–H and O–H groups in total. The van der Waals surface area contributed by atoms with Crippen LogP contribution in [0.3, 0.4) is 0 Å². The van der Waals surface area contributed by atoms with Gasteiger partial charge in [-0.05, 0) is 55.2 Å². The van der Waals surface area contributed by atoms with Crippen molar-refractivity contribution in [1.82, 2.24) is 9.97 Å². The van der Waals surface area contributed by atoms with E-state index in [1.54, 1.807) is 0 Å². The molecule has 0 aromatic carbocycles. The highest BCUT2D eigenvalue weighted by Crippen LogP contribution is 2.43. The minimum Gasteiger partial charge on any atom is -0.256 e. The van der Waals surface area contributed by atoms with Crippen molar-refractivity contribution in [2.45, 2.75) is 90.9 Å². The predicted molar refractivity (Wildman–Crippen MR) is 139 cm³/mol. The van der Waals surface area contributed by atoms with Crippen molar-refractivity contribution in [3.05, 3.63) is 66.0 Å². The number of unbranched alkanes of at least 4 members (excludes halogenated alkanes) is 10. The second kappa shape index (κ2) is 17.1. The summed E-state index contributed by atoms with van der Waals surface area (Å²) >= 11 is 0. The van der Waals surface area contributed by atoms with Crippen LogP contribution in [0.25, 0.3) is 5.57 Å². The zero-order valence-corrected chi connectivity index (χ0v) is 20.8. The molecule has 0 bridgehead atoms. The molecule has 31 heavy (non-hydrogen) atoms. The van der Waals surface area contributed by atoms with Crippen LogP contribution < -0.4 is 0 Å². The molecule has 0 radical (unpaired) electrons. The Hall–Kier alpha value is -1.53. The van der Waals surface area contributed by atoms with Gasteiger partial charge in [0.2, 0.25) is 0 Å². The van der Waals surface area contributed by atoms with E-state index in [0.29, 0.717) is 0 Å². The van der Waals surface area contributed by atoms with Crippen LogP contribution in [-0.4, -0.2) is 22.3 Å². The Labute approximate surface area is 192 Å². The third kappa shape index (κ3) is 11.1. The normalized spacial score (nSPS) is 11.1. The van der Waals surface area contributed by atoms with Crippen LogP contribution in [0.2, 0.25) is 0 Å². The molecule has 3 heteroatoms. The third-order valence-electron chi connectivity index (χ3n) is 5.79. The minimum atomic E-state index is -0.138. The van der Waals surface area contributed by atoms with Crippen LogP contribution in [0, 0.1) is 0 Å². The van der Waals surface area contributed by atoms with Gasteiger partial charge in [0.15, 0.2) is 0 Å². The monoisotopic (exact) mass is 438 g/mol. The SMILES string of the molecule is CCCCCCCCP(C=C(c1ccccn1)c1ccccn1)CCCCCCCC. The van der Waals surface area contributed by atoms with Crippen LogP contribution in [-0.2, 0) is 0 Å². The summed E-state index contributed by atoms with van der Waals surface area (Å²) in [5.41, 5.74) is 3.34. The van der Waals surface area contributed by atoms with E-state index in [4.69, 9.17) is 0 Å². The maximum Gasteiger partial charge on any atom is 0.0724 e. The molecule has 0 aliphatic carbocycles. The summed E-state index contributed by atoms with van der Waals surface area (Å²) in [6.45, 7) is 4.59. The second-order valence-corrected chi connectivity index (χ2v) is 10.9. The molecule has 2 nitrogen and oxygen atoms in total. The van der Waals surface area contributed by atoms with Gasteiger partial charge in [0, 0.05) is 18.0 Å². The average Bonchev–Trinajstić information content (AvgIpc) is 2.82. The van der Waals surface area contributed by atoms with Gasteiger partial charge >= 0.3 is 0 Å². The van der Waals surface area contributed by atoms with Crippen molar-refractivity contribution >= 4 is 13.5 Å². The number of nitrogens with zero attached hydrogens (tertiary/aromatic N) is 2. The van der Waals surface area contributed by atoms with Crippen LogP contribution >= 0.6 is 7.92 Å². The van der Waals surface area contributed by atoms with Crippen molar-refractivity contribution in [2.24, 2.45) is 0 Å². The lowest BCUT2D eigenvalue weighted by molar-refractivity contribution is 0.622. The number of aromatic nitrogens is 2. The Morgan fingerprint density at radius 3 is 1.52 bits per heavy atom. The summed E-state index contributed by atoms with van der Waals surface area (Å²) in [7, 11) is -0.138. The highest BCUT2D eigenvalue weighted by atomic mass is 31.1. The van der Waals surface area contributed by atoms with Gasteiger partial charge in [-0.25, -0.2) is 0 Å². The Morgan fingerprint density at radius 1 is 0.645 bits per heavy atom. The fourth-order valence-corrected chi connectivity index (χ4v) is 6.29. The van der Waals surface area contributed by atoms with Gasteiger partial charge in [-0.3, -0.25) is 9.97 Å². The molecule has 0 spiro atoms. The van der Waals surface area contributed by atoms with Crippen molar-refractivity contribution in [3.8, 4) is 0 Å². The fraction of sp³-hybridized carbons (Fsp3) is 0.571. The van der Waals surface area contributed by atoms with Crippen molar-refractivity contribution in [2.75, 3.05) is 12.3 Å². The molecule has 170 valence electrons. The Balaban J connectivity index is 2.06. The van der Waals surface area contributed by atoms with E-state index in [1.165, 1.54) is 94.9 Å². The van der Waals surface area contributed by atoms with Crippen LogP contribution in [0.15, 0.2) is 54.6 Å². The van der Waals surface area contributed by atoms with Crippen molar-refractivity contribution in [1.29, 1.82) is 0 Å². The second-order valence-electron chi connectivity index (χ2n) is 8.54. The standard InChI is InChI=1S/C28H43N2P/c1-3-5-7-9-11-17-23-31(24-18-12-10-8-6-4-2)25-26(27-19-13-15-21-29-27)28-20-14-16-22-30-28/h13-16,19-22,25H,3-12,17-18,23-24H2,1-2H3. The summed E-state index contributed by atoms with van der Waals surface area (Å²) in [4.78, 5) is 9.34. The molecule has 0 unspecified atom stereocenters. The molecule has 0 aliphatic rings. The quantitative estimate of drug-likeness (QED) is 0.182. The average molecular weight is 439 g/mol. The smallest absolute Gasteiger partial charge is 0.0724 e. The summed E-state index contributed by atoms with van der Waals surface area (Å²) < 4.78 is 0. The third-order valence-corrected chi connectivity index (χ3v) is 8.20. The molecule has 2 heterocycles. The summed E-state index contributed by atoms with van der Waals surface area (Å²) in [6, 6.07) is 12.4. The number of hydrogen-bond acceptors (Lipinski definition) is 2. The number of hydrogen-bond donors (Lipinski definition) is 0. The van der Waals surface area contributed by atoms with Crippen molar-refractivity contribution < 1.29 is 0 Å². The molecule has 0 amide bonds. The largest absolute Gasteiger partial charge is 0.256 e. The van der Waals surface area contributed by atoms with Gasteiger partial charge in [-0.2, -0.15) is 0 Å². The Kier molecular flexibility index (Phi) is 14.2. The molecular weight excluding hydrogens is 395 g/mol. The van der Waals surface area contributed by atoms with Gasteiger partial charge in [0.1, 0.15) is 0 Å². The first kappa shape index (κ1) is 25.7. The highest BCUT2D eigenvalue weighted by molar-refractivity contribution is 7.61. The summed E-state index contributed by atoms with van der Waals surface area (Å²) in [5.74, 6) is 2.55. The van der Waals surface area contributed by atoms with Gasteiger partial charge in [0.25, 0.3) is 0 Å². The predicted octanol–water partition coefficient (Wildman–Crippen LogP) is 9.07. The lowest BCUT2D eigenvalue weighted by Gasteiger charge is -2.17. The first-order valence-corrected chi connectivity index (χ1v) is 14.4. The molecule has 0 fully saturated rings. The van der Waals surface area contributed by atoms with Gasteiger partial charge in [-0.15, -0.1) is 0 Å². The van der Waals surface area contributed by atoms with Crippen molar-refractivity contribution in [3.63, 3.8) is 0 Å². The molecule has 0 aliphatic heterocycles. The Bertz CT molecular complexity index is 642. The minimum absolute atomic E-state index is 0.138. The lowest BCUT2D eigenvalue weighted by Crippen LogP contribution is -1.96.